The van der Waals surface area contributed by atoms with Crippen molar-refractivity contribution in [2.75, 3.05) is 47.9 Å². The van der Waals surface area contributed by atoms with Crippen LogP contribution in [0.3, 0.4) is 0 Å². The molecule has 0 aromatic carbocycles. The minimum absolute atomic E-state index is 0.0619. The van der Waals surface area contributed by atoms with E-state index >= 15 is 0 Å². The highest BCUT2D eigenvalue weighted by Gasteiger charge is 2.11. The van der Waals surface area contributed by atoms with Crippen LogP contribution in [0.5, 0.6) is 0 Å². The fraction of sp³-hybridized carbons (Fsp3) is 1.00. The Balaban J connectivity index is 3.74. The van der Waals surface area contributed by atoms with Crippen molar-refractivity contribution in [3.05, 3.63) is 0 Å². The van der Waals surface area contributed by atoms with Crippen molar-refractivity contribution in [3.63, 3.8) is 0 Å². The molecule has 1 radical (unpaired) electrons. The maximum atomic E-state index is 11.2. The maximum absolute atomic E-state index is 11.2. The summed E-state index contributed by atoms with van der Waals surface area (Å²) in [7, 11) is -6.31. The lowest BCUT2D eigenvalue weighted by molar-refractivity contribution is 0.588. The molecule has 0 saturated carbocycles. The zero-order valence-electron chi connectivity index (χ0n) is 9.31. The maximum Gasteiger partial charge on any atom is 0.152 e. The molecule has 0 fully saturated rings. The summed E-state index contributed by atoms with van der Waals surface area (Å²) in [6.07, 6.45) is 0. The van der Waals surface area contributed by atoms with Gasteiger partial charge in [0.1, 0.15) is 0 Å². The van der Waals surface area contributed by atoms with Crippen molar-refractivity contribution in [1.82, 2.24) is 5.32 Å². The van der Waals surface area contributed by atoms with E-state index in [1.165, 1.54) is 0 Å². The number of alkyl halides is 2. The molecule has 0 rings (SSSR count). The second-order valence-electron chi connectivity index (χ2n) is 3.35. The van der Waals surface area contributed by atoms with Gasteiger partial charge in [0.2, 0.25) is 0 Å². The lowest BCUT2D eigenvalue weighted by atomic mass is 10.7. The topological polar surface area (TPSA) is 82.4 Å². The standard InChI is InChI=1S/C8H16Cl2NO4S2/c9-1-5-16(12,13)7-3-11-4-8-17(14,15)6-2-10/h1-8H2. The first-order chi connectivity index (χ1) is 7.83. The van der Waals surface area contributed by atoms with Crippen LogP contribution in [0.2, 0.25) is 0 Å². The smallest absolute Gasteiger partial charge is 0.152 e. The summed E-state index contributed by atoms with van der Waals surface area (Å²) in [5.41, 5.74) is 0. The molecular weight excluding hydrogens is 309 g/mol. The van der Waals surface area contributed by atoms with Gasteiger partial charge in [0.15, 0.2) is 19.7 Å². The highest BCUT2D eigenvalue weighted by molar-refractivity contribution is 7.91. The van der Waals surface area contributed by atoms with Crippen LogP contribution in [0.25, 0.3) is 0 Å². The summed E-state index contributed by atoms with van der Waals surface area (Å²) < 4.78 is 44.9. The Morgan fingerprint density at radius 2 is 1.06 bits per heavy atom. The molecule has 0 aliphatic heterocycles. The predicted molar refractivity (Wildman–Crippen MR) is 70.6 cm³/mol. The highest BCUT2D eigenvalue weighted by atomic mass is 35.5. The van der Waals surface area contributed by atoms with Gasteiger partial charge in [-0.1, -0.05) is 0 Å². The Morgan fingerprint density at radius 1 is 0.706 bits per heavy atom. The molecule has 0 amide bonds. The van der Waals surface area contributed by atoms with Gasteiger partial charge < -0.3 is 0 Å². The van der Waals surface area contributed by atoms with Crippen molar-refractivity contribution in [3.8, 4) is 0 Å². The lowest BCUT2D eigenvalue weighted by Gasteiger charge is -2.04. The van der Waals surface area contributed by atoms with E-state index < -0.39 is 19.7 Å². The average molecular weight is 325 g/mol. The molecule has 103 valence electrons. The zero-order valence-corrected chi connectivity index (χ0v) is 12.5. The molecular formula is C8H16Cl2NO4S2. The number of nitrogens with zero attached hydrogens (tertiary/aromatic N) is 1. The van der Waals surface area contributed by atoms with Crippen LogP contribution in [-0.4, -0.2) is 64.7 Å². The van der Waals surface area contributed by atoms with Crippen molar-refractivity contribution >= 4 is 42.9 Å². The van der Waals surface area contributed by atoms with Gasteiger partial charge in [0.25, 0.3) is 0 Å². The molecule has 0 aliphatic carbocycles. The van der Waals surface area contributed by atoms with Crippen LogP contribution in [-0.2, 0) is 19.7 Å². The van der Waals surface area contributed by atoms with Crippen molar-refractivity contribution in [2.45, 2.75) is 0 Å². The Kier molecular flexibility index (Phi) is 8.75. The summed E-state index contributed by atoms with van der Waals surface area (Å²) in [4.78, 5) is 0. The van der Waals surface area contributed by atoms with E-state index in [0.717, 1.165) is 0 Å². The molecule has 0 aromatic heterocycles. The second kappa shape index (κ2) is 8.53. The van der Waals surface area contributed by atoms with Crippen molar-refractivity contribution in [1.29, 1.82) is 0 Å². The van der Waals surface area contributed by atoms with Crippen LogP contribution in [0, 0.1) is 0 Å². The predicted octanol–water partition coefficient (Wildman–Crippen LogP) is -0.102. The van der Waals surface area contributed by atoms with E-state index in [4.69, 9.17) is 23.2 Å². The Labute approximate surface area is 113 Å². The number of sulfone groups is 2. The summed E-state index contributed by atoms with van der Waals surface area (Å²) in [6.45, 7) is 0.214. The number of hydrogen-bond acceptors (Lipinski definition) is 4. The molecule has 0 spiro atoms. The fourth-order valence-corrected chi connectivity index (χ4v) is 4.06. The van der Waals surface area contributed by atoms with E-state index in [1.807, 2.05) is 0 Å². The van der Waals surface area contributed by atoms with E-state index in [2.05, 4.69) is 5.32 Å². The normalized spacial score (nSPS) is 12.8. The van der Waals surface area contributed by atoms with Gasteiger partial charge in [0, 0.05) is 24.8 Å². The first-order valence-corrected chi connectivity index (χ1v) is 9.70. The van der Waals surface area contributed by atoms with E-state index in [0.29, 0.717) is 0 Å². The molecule has 0 heterocycles. The van der Waals surface area contributed by atoms with Gasteiger partial charge in [-0.15, -0.1) is 23.2 Å². The second-order valence-corrected chi connectivity index (χ2v) is 8.72. The molecule has 17 heavy (non-hydrogen) atoms. The van der Waals surface area contributed by atoms with Crippen molar-refractivity contribution < 1.29 is 16.8 Å². The van der Waals surface area contributed by atoms with Crippen LogP contribution < -0.4 is 5.32 Å². The summed E-state index contributed by atoms with van der Waals surface area (Å²) >= 11 is 10.6. The van der Waals surface area contributed by atoms with Crippen LogP contribution in [0.15, 0.2) is 0 Å². The fourth-order valence-electron chi connectivity index (χ4n) is 0.958. The third kappa shape index (κ3) is 10.1. The quantitative estimate of drug-likeness (QED) is 0.415. The molecule has 0 aromatic rings. The monoisotopic (exact) mass is 324 g/mol. The van der Waals surface area contributed by atoms with E-state index in [9.17, 15) is 16.8 Å². The number of halogens is 2. The molecule has 0 unspecified atom stereocenters. The number of rotatable bonds is 10. The Morgan fingerprint density at radius 3 is 1.35 bits per heavy atom. The highest BCUT2D eigenvalue weighted by Crippen LogP contribution is 1.93. The molecule has 0 N–H and O–H groups in total. The first-order valence-electron chi connectivity index (χ1n) is 4.99. The zero-order chi connectivity index (χ0) is 13.4. The molecule has 5 nitrogen and oxygen atoms in total. The lowest BCUT2D eigenvalue weighted by Crippen LogP contribution is -2.25. The Hall–Kier alpha value is 0.440. The third-order valence-corrected chi connectivity index (χ3v) is 5.98. The molecule has 0 bridgehead atoms. The van der Waals surface area contributed by atoms with Crippen LogP contribution >= 0.6 is 23.2 Å². The molecule has 0 saturated heterocycles. The van der Waals surface area contributed by atoms with Gasteiger partial charge in [0.05, 0.1) is 23.0 Å². The minimum Gasteiger partial charge on any atom is -0.240 e. The summed E-state index contributed by atoms with van der Waals surface area (Å²) in [5.74, 6) is -0.202. The molecule has 0 aliphatic rings. The van der Waals surface area contributed by atoms with Gasteiger partial charge in [-0.25, -0.2) is 22.2 Å². The van der Waals surface area contributed by atoms with Crippen LogP contribution in [0.1, 0.15) is 0 Å². The number of hydrogen-bond donors (Lipinski definition) is 0. The van der Waals surface area contributed by atoms with Gasteiger partial charge in [-0.05, 0) is 0 Å². The van der Waals surface area contributed by atoms with Gasteiger partial charge in [-0.2, -0.15) is 0 Å². The molecule has 9 heteroatoms. The van der Waals surface area contributed by atoms with E-state index in [1.54, 1.807) is 0 Å². The van der Waals surface area contributed by atoms with E-state index in [-0.39, 0.29) is 47.9 Å². The third-order valence-electron chi connectivity index (χ3n) is 1.90. The summed E-state index contributed by atoms with van der Waals surface area (Å²) in [5, 5.41) is 3.86. The van der Waals surface area contributed by atoms with Crippen LogP contribution in [0.4, 0.5) is 0 Å². The average Bonchev–Trinajstić information content (AvgIpc) is 2.16. The Bertz CT molecular complexity index is 356. The SMILES string of the molecule is O=S(=O)(CCCl)CC[N]CCS(=O)(=O)CCCl. The van der Waals surface area contributed by atoms with Gasteiger partial charge >= 0.3 is 0 Å². The minimum atomic E-state index is -3.15. The largest absolute Gasteiger partial charge is 0.240 e. The van der Waals surface area contributed by atoms with Crippen molar-refractivity contribution in [2.24, 2.45) is 0 Å². The van der Waals surface area contributed by atoms with Gasteiger partial charge in [-0.3, -0.25) is 0 Å². The summed E-state index contributed by atoms with van der Waals surface area (Å²) in [6, 6.07) is 0. The first kappa shape index (κ1) is 17.4. The molecule has 0 atom stereocenters.